The fraction of sp³-hybridized carbons (Fsp3) is 0.0909. The SMILES string of the molecule is Nc1cn[nH]c1C(=O)NCc1cccc(Cl)c1. The van der Waals surface area contributed by atoms with Crippen molar-refractivity contribution in [1.29, 1.82) is 0 Å². The van der Waals surface area contributed by atoms with Crippen molar-refractivity contribution in [3.05, 3.63) is 46.7 Å². The minimum Gasteiger partial charge on any atom is -0.396 e. The number of aromatic amines is 1. The number of hydrogen-bond donors (Lipinski definition) is 3. The Balaban J connectivity index is 1.99. The highest BCUT2D eigenvalue weighted by atomic mass is 35.5. The van der Waals surface area contributed by atoms with Gasteiger partial charge in [-0.15, -0.1) is 0 Å². The molecule has 0 saturated heterocycles. The molecule has 6 heteroatoms. The van der Waals surface area contributed by atoms with E-state index in [1.165, 1.54) is 6.20 Å². The van der Waals surface area contributed by atoms with E-state index in [9.17, 15) is 4.79 Å². The summed E-state index contributed by atoms with van der Waals surface area (Å²) < 4.78 is 0. The smallest absolute Gasteiger partial charge is 0.271 e. The van der Waals surface area contributed by atoms with Crippen LogP contribution in [0.3, 0.4) is 0 Å². The van der Waals surface area contributed by atoms with Crippen LogP contribution in [0.1, 0.15) is 16.1 Å². The summed E-state index contributed by atoms with van der Waals surface area (Å²) in [5.41, 5.74) is 7.08. The van der Waals surface area contributed by atoms with E-state index in [0.717, 1.165) is 5.56 Å². The van der Waals surface area contributed by atoms with E-state index in [2.05, 4.69) is 15.5 Å². The molecule has 0 aliphatic heterocycles. The van der Waals surface area contributed by atoms with Gasteiger partial charge in [0.05, 0.1) is 11.9 Å². The topological polar surface area (TPSA) is 83.8 Å². The van der Waals surface area contributed by atoms with Crippen molar-refractivity contribution < 1.29 is 4.79 Å². The van der Waals surface area contributed by atoms with Crippen LogP contribution in [-0.2, 0) is 6.54 Å². The molecule has 1 aromatic heterocycles. The molecule has 2 rings (SSSR count). The summed E-state index contributed by atoms with van der Waals surface area (Å²) in [6, 6.07) is 7.27. The van der Waals surface area contributed by atoms with Crippen LogP contribution >= 0.6 is 11.6 Å². The zero-order chi connectivity index (χ0) is 12.3. The Hall–Kier alpha value is -2.01. The molecule has 5 nitrogen and oxygen atoms in total. The number of nitrogens with zero attached hydrogens (tertiary/aromatic N) is 1. The highest BCUT2D eigenvalue weighted by Crippen LogP contribution is 2.11. The molecule has 0 aliphatic rings. The number of halogens is 1. The van der Waals surface area contributed by atoms with Crippen LogP contribution in [0, 0.1) is 0 Å². The first kappa shape index (κ1) is 11.5. The minimum atomic E-state index is -0.292. The molecule has 0 spiro atoms. The van der Waals surface area contributed by atoms with Gasteiger partial charge in [0.25, 0.3) is 5.91 Å². The number of nitrogen functional groups attached to an aromatic ring is 1. The van der Waals surface area contributed by atoms with E-state index in [1.807, 2.05) is 12.1 Å². The van der Waals surface area contributed by atoms with Gasteiger partial charge in [-0.1, -0.05) is 23.7 Å². The predicted molar refractivity (Wildman–Crippen MR) is 65.6 cm³/mol. The maximum atomic E-state index is 11.7. The lowest BCUT2D eigenvalue weighted by Gasteiger charge is -2.04. The van der Waals surface area contributed by atoms with Crippen molar-refractivity contribution >= 4 is 23.2 Å². The summed E-state index contributed by atoms with van der Waals surface area (Å²) in [7, 11) is 0. The van der Waals surface area contributed by atoms with E-state index >= 15 is 0 Å². The number of aromatic nitrogens is 2. The molecule has 1 amide bonds. The van der Waals surface area contributed by atoms with E-state index in [4.69, 9.17) is 17.3 Å². The fourth-order valence-electron chi connectivity index (χ4n) is 1.39. The average molecular weight is 251 g/mol. The number of carbonyl (C=O) groups is 1. The summed E-state index contributed by atoms with van der Waals surface area (Å²) in [6.45, 7) is 0.387. The molecule has 1 aromatic carbocycles. The van der Waals surface area contributed by atoms with Gasteiger partial charge >= 0.3 is 0 Å². The van der Waals surface area contributed by atoms with Gasteiger partial charge in [-0.2, -0.15) is 5.10 Å². The standard InChI is InChI=1S/C11H11ClN4O/c12-8-3-1-2-7(4-8)5-14-11(17)10-9(13)6-15-16-10/h1-4,6H,5,13H2,(H,14,17)(H,15,16). The first-order chi connectivity index (χ1) is 8.16. The molecule has 0 atom stereocenters. The van der Waals surface area contributed by atoms with E-state index in [1.54, 1.807) is 12.1 Å². The van der Waals surface area contributed by atoms with E-state index < -0.39 is 0 Å². The summed E-state index contributed by atoms with van der Waals surface area (Å²) in [6.07, 6.45) is 1.40. The lowest BCUT2D eigenvalue weighted by molar-refractivity contribution is 0.0947. The number of hydrogen-bond acceptors (Lipinski definition) is 3. The van der Waals surface area contributed by atoms with Crippen molar-refractivity contribution in [2.24, 2.45) is 0 Å². The molecular formula is C11H11ClN4O. The highest BCUT2D eigenvalue weighted by molar-refractivity contribution is 6.30. The maximum Gasteiger partial charge on any atom is 0.271 e. The molecule has 2 aromatic rings. The lowest BCUT2D eigenvalue weighted by Crippen LogP contribution is -2.24. The first-order valence-corrected chi connectivity index (χ1v) is 5.36. The predicted octanol–water partition coefficient (Wildman–Crippen LogP) is 1.58. The molecule has 17 heavy (non-hydrogen) atoms. The first-order valence-electron chi connectivity index (χ1n) is 4.98. The van der Waals surface area contributed by atoms with Crippen LogP contribution in [0.5, 0.6) is 0 Å². The zero-order valence-corrected chi connectivity index (χ0v) is 9.66. The molecule has 88 valence electrons. The number of amides is 1. The summed E-state index contributed by atoms with van der Waals surface area (Å²) in [5.74, 6) is -0.292. The lowest BCUT2D eigenvalue weighted by atomic mass is 10.2. The van der Waals surface area contributed by atoms with E-state index in [-0.39, 0.29) is 11.6 Å². The quantitative estimate of drug-likeness (QED) is 0.773. The molecule has 0 saturated carbocycles. The van der Waals surface area contributed by atoms with Gasteiger partial charge in [-0.25, -0.2) is 0 Å². The third-order valence-electron chi connectivity index (χ3n) is 2.24. The number of rotatable bonds is 3. The molecule has 1 heterocycles. The van der Waals surface area contributed by atoms with Gasteiger partial charge in [0.2, 0.25) is 0 Å². The Labute approximate surface area is 103 Å². The van der Waals surface area contributed by atoms with Crippen molar-refractivity contribution in [2.75, 3.05) is 5.73 Å². The van der Waals surface area contributed by atoms with Gasteiger partial charge in [-0.3, -0.25) is 9.89 Å². The van der Waals surface area contributed by atoms with Gasteiger partial charge in [0.1, 0.15) is 5.69 Å². The summed E-state index contributed by atoms with van der Waals surface area (Å²) >= 11 is 5.84. The summed E-state index contributed by atoms with van der Waals surface area (Å²) in [4.78, 5) is 11.7. The Morgan fingerprint density at radius 2 is 2.35 bits per heavy atom. The van der Waals surface area contributed by atoms with Gasteiger partial charge < -0.3 is 11.1 Å². The van der Waals surface area contributed by atoms with Crippen LogP contribution in [-0.4, -0.2) is 16.1 Å². The molecule has 0 unspecified atom stereocenters. The van der Waals surface area contributed by atoms with Crippen LogP contribution in [0.2, 0.25) is 5.02 Å². The highest BCUT2D eigenvalue weighted by Gasteiger charge is 2.10. The fourth-order valence-corrected chi connectivity index (χ4v) is 1.61. The van der Waals surface area contributed by atoms with Crippen molar-refractivity contribution in [3.8, 4) is 0 Å². The third kappa shape index (κ3) is 2.76. The second kappa shape index (κ2) is 4.88. The number of carbonyl (C=O) groups excluding carboxylic acids is 1. The van der Waals surface area contributed by atoms with Crippen LogP contribution in [0.4, 0.5) is 5.69 Å². The molecular weight excluding hydrogens is 240 g/mol. The van der Waals surface area contributed by atoms with Gasteiger partial charge in [0, 0.05) is 11.6 Å². The Bertz CT molecular complexity index is 538. The largest absolute Gasteiger partial charge is 0.396 e. The summed E-state index contributed by atoms with van der Waals surface area (Å²) in [5, 5.41) is 9.58. The number of nitrogens with one attached hydrogen (secondary N) is 2. The normalized spacial score (nSPS) is 10.2. The van der Waals surface area contributed by atoms with Gasteiger partial charge in [0.15, 0.2) is 0 Å². The molecule has 0 bridgehead atoms. The number of H-pyrrole nitrogens is 1. The molecule has 0 fully saturated rings. The molecule has 4 N–H and O–H groups in total. The monoisotopic (exact) mass is 250 g/mol. The Kier molecular flexibility index (Phi) is 3.30. The number of nitrogens with two attached hydrogens (primary N) is 1. The second-order valence-corrected chi connectivity index (χ2v) is 3.95. The number of anilines is 1. The van der Waals surface area contributed by atoms with Crippen molar-refractivity contribution in [3.63, 3.8) is 0 Å². The van der Waals surface area contributed by atoms with Crippen LogP contribution in [0.25, 0.3) is 0 Å². The molecule has 0 aliphatic carbocycles. The average Bonchev–Trinajstić information content (AvgIpc) is 2.72. The zero-order valence-electron chi connectivity index (χ0n) is 8.90. The van der Waals surface area contributed by atoms with Crippen molar-refractivity contribution in [2.45, 2.75) is 6.54 Å². The third-order valence-corrected chi connectivity index (χ3v) is 2.47. The Morgan fingerprint density at radius 3 is 3.00 bits per heavy atom. The second-order valence-electron chi connectivity index (χ2n) is 3.51. The molecule has 0 radical (unpaired) electrons. The number of benzene rings is 1. The van der Waals surface area contributed by atoms with Crippen molar-refractivity contribution in [1.82, 2.24) is 15.5 Å². The van der Waals surface area contributed by atoms with E-state index in [0.29, 0.717) is 17.3 Å². The van der Waals surface area contributed by atoms with Gasteiger partial charge in [-0.05, 0) is 17.7 Å². The van der Waals surface area contributed by atoms with Crippen LogP contribution < -0.4 is 11.1 Å². The minimum absolute atomic E-state index is 0.270. The Morgan fingerprint density at radius 1 is 1.53 bits per heavy atom. The van der Waals surface area contributed by atoms with Crippen LogP contribution in [0.15, 0.2) is 30.5 Å². The maximum absolute atomic E-state index is 11.7.